The highest BCUT2D eigenvalue weighted by Gasteiger charge is 2.01. The number of amidine groups is 1. The predicted octanol–water partition coefficient (Wildman–Crippen LogP) is 1.34. The highest BCUT2D eigenvalue weighted by atomic mass is 16.5. The summed E-state index contributed by atoms with van der Waals surface area (Å²) in [7, 11) is 3.61. The van der Waals surface area contributed by atoms with Crippen LogP contribution in [0.5, 0.6) is 0 Å². The number of nitrogens with one attached hydrogen (secondary N) is 1. The molecule has 0 saturated heterocycles. The van der Waals surface area contributed by atoms with Gasteiger partial charge in [-0.15, -0.1) is 0 Å². The van der Waals surface area contributed by atoms with Crippen molar-refractivity contribution in [1.82, 2.24) is 4.90 Å². The van der Waals surface area contributed by atoms with Crippen molar-refractivity contribution in [3.8, 4) is 0 Å². The van der Waals surface area contributed by atoms with Gasteiger partial charge in [-0.05, 0) is 6.42 Å². The molecule has 11 heavy (non-hydrogen) atoms. The van der Waals surface area contributed by atoms with E-state index in [-0.39, 0.29) is 0 Å². The Bertz CT molecular complexity index is 115. The third-order valence-electron chi connectivity index (χ3n) is 1.58. The first-order valence-corrected chi connectivity index (χ1v) is 3.99. The Morgan fingerprint density at radius 2 is 2.18 bits per heavy atom. The van der Waals surface area contributed by atoms with Crippen LogP contribution in [0.4, 0.5) is 0 Å². The van der Waals surface area contributed by atoms with E-state index in [1.165, 1.54) is 0 Å². The molecule has 1 N–H and O–H groups in total. The van der Waals surface area contributed by atoms with Gasteiger partial charge >= 0.3 is 0 Å². The van der Waals surface area contributed by atoms with Gasteiger partial charge in [-0.3, -0.25) is 5.41 Å². The second kappa shape index (κ2) is 6.16. The quantitative estimate of drug-likeness (QED) is 0.484. The molecule has 3 heteroatoms. The first kappa shape index (κ1) is 10.4. The van der Waals surface area contributed by atoms with Crippen molar-refractivity contribution in [2.45, 2.75) is 19.8 Å². The molecule has 0 atom stereocenters. The summed E-state index contributed by atoms with van der Waals surface area (Å²) in [6.45, 7) is 3.59. The van der Waals surface area contributed by atoms with Gasteiger partial charge in [0.15, 0.2) is 0 Å². The zero-order valence-corrected chi connectivity index (χ0v) is 7.68. The van der Waals surface area contributed by atoms with Crippen molar-refractivity contribution in [1.29, 1.82) is 5.41 Å². The Morgan fingerprint density at radius 3 is 2.64 bits per heavy atom. The van der Waals surface area contributed by atoms with E-state index < -0.39 is 0 Å². The lowest BCUT2D eigenvalue weighted by molar-refractivity contribution is 0.182. The molecule has 0 heterocycles. The maximum atomic E-state index is 7.54. The van der Waals surface area contributed by atoms with Crippen molar-refractivity contribution in [2.24, 2.45) is 0 Å². The zero-order valence-electron chi connectivity index (χ0n) is 7.68. The van der Waals surface area contributed by atoms with Crippen LogP contribution >= 0.6 is 0 Å². The summed E-state index contributed by atoms with van der Waals surface area (Å²) in [5, 5.41) is 7.54. The van der Waals surface area contributed by atoms with Crippen molar-refractivity contribution in [3.05, 3.63) is 0 Å². The maximum absolute atomic E-state index is 7.54. The third-order valence-corrected chi connectivity index (χ3v) is 1.58. The van der Waals surface area contributed by atoms with Gasteiger partial charge < -0.3 is 9.64 Å². The van der Waals surface area contributed by atoms with Crippen LogP contribution in [0.2, 0.25) is 0 Å². The molecule has 0 aromatic carbocycles. The Morgan fingerprint density at radius 1 is 1.55 bits per heavy atom. The van der Waals surface area contributed by atoms with Crippen LogP contribution in [0.25, 0.3) is 0 Å². The van der Waals surface area contributed by atoms with E-state index >= 15 is 0 Å². The molecule has 0 aliphatic rings. The molecule has 0 amide bonds. The molecule has 0 unspecified atom stereocenters. The summed E-state index contributed by atoms with van der Waals surface area (Å²) in [5.74, 6) is 0.699. The fraction of sp³-hybridized carbons (Fsp3) is 0.875. The number of hydrogen-bond acceptors (Lipinski definition) is 2. The van der Waals surface area contributed by atoms with E-state index in [4.69, 9.17) is 10.1 Å². The maximum Gasteiger partial charge on any atom is 0.0955 e. The number of ether oxygens (including phenoxy) is 1. The van der Waals surface area contributed by atoms with Crippen molar-refractivity contribution >= 4 is 5.84 Å². The first-order valence-electron chi connectivity index (χ1n) is 3.99. The molecule has 0 aromatic heterocycles. The summed E-state index contributed by atoms with van der Waals surface area (Å²) >= 11 is 0. The average Bonchev–Trinajstić information content (AvgIpc) is 2.00. The number of nitrogens with zero attached hydrogens (tertiary/aromatic N) is 1. The van der Waals surface area contributed by atoms with Crippen molar-refractivity contribution in [3.63, 3.8) is 0 Å². The highest BCUT2D eigenvalue weighted by molar-refractivity contribution is 5.78. The molecule has 0 aliphatic carbocycles. The van der Waals surface area contributed by atoms with Crippen LogP contribution in [0.1, 0.15) is 19.8 Å². The Kier molecular flexibility index (Phi) is 5.84. The highest BCUT2D eigenvalue weighted by Crippen LogP contribution is 1.94. The monoisotopic (exact) mass is 158 g/mol. The van der Waals surface area contributed by atoms with E-state index in [0.29, 0.717) is 12.4 Å². The van der Waals surface area contributed by atoms with Crippen LogP contribution in [-0.4, -0.2) is 38.0 Å². The first-order chi connectivity index (χ1) is 5.22. The number of likely N-dealkylation sites (N-methyl/N-ethyl adjacent to an activating group) is 1. The lowest BCUT2D eigenvalue weighted by Gasteiger charge is -2.18. The van der Waals surface area contributed by atoms with Crippen LogP contribution in [0, 0.1) is 5.41 Å². The van der Waals surface area contributed by atoms with Crippen molar-refractivity contribution in [2.75, 3.05) is 27.3 Å². The molecule has 0 aromatic rings. The fourth-order valence-electron chi connectivity index (χ4n) is 0.791. The Balaban J connectivity index is 3.46. The standard InChI is InChI=1S/C8H18N2O/c1-4-5-8(9)10(2)6-7-11-3/h9H,4-7H2,1-3H3. The summed E-state index contributed by atoms with van der Waals surface area (Å²) < 4.78 is 4.90. The molecule has 0 saturated carbocycles. The van der Waals surface area contributed by atoms with Crippen LogP contribution in [0.3, 0.4) is 0 Å². The lowest BCUT2D eigenvalue weighted by atomic mass is 10.3. The second-order valence-electron chi connectivity index (χ2n) is 2.61. The molecular formula is C8H18N2O. The van der Waals surface area contributed by atoms with Gasteiger partial charge in [0.25, 0.3) is 0 Å². The van der Waals surface area contributed by atoms with Gasteiger partial charge in [-0.1, -0.05) is 6.92 Å². The molecule has 0 bridgehead atoms. The molecular weight excluding hydrogens is 140 g/mol. The van der Waals surface area contributed by atoms with E-state index in [2.05, 4.69) is 6.92 Å². The smallest absolute Gasteiger partial charge is 0.0955 e. The largest absolute Gasteiger partial charge is 0.383 e. The number of rotatable bonds is 5. The topological polar surface area (TPSA) is 36.3 Å². The molecule has 66 valence electrons. The number of hydrogen-bond donors (Lipinski definition) is 1. The van der Waals surface area contributed by atoms with E-state index in [1.807, 2.05) is 11.9 Å². The molecule has 3 nitrogen and oxygen atoms in total. The van der Waals surface area contributed by atoms with Gasteiger partial charge in [0.05, 0.1) is 12.4 Å². The average molecular weight is 158 g/mol. The molecule has 0 spiro atoms. The van der Waals surface area contributed by atoms with E-state index in [0.717, 1.165) is 19.4 Å². The zero-order chi connectivity index (χ0) is 8.69. The number of methoxy groups -OCH3 is 1. The van der Waals surface area contributed by atoms with Gasteiger partial charge in [-0.2, -0.15) is 0 Å². The van der Waals surface area contributed by atoms with Gasteiger partial charge in [0, 0.05) is 27.1 Å². The predicted molar refractivity (Wildman–Crippen MR) is 47.1 cm³/mol. The fourth-order valence-corrected chi connectivity index (χ4v) is 0.791. The Labute approximate surface area is 68.9 Å². The van der Waals surface area contributed by atoms with Gasteiger partial charge in [0.1, 0.15) is 0 Å². The minimum absolute atomic E-state index is 0.697. The lowest BCUT2D eigenvalue weighted by Crippen LogP contribution is -2.28. The normalized spacial score (nSPS) is 9.73. The summed E-state index contributed by atoms with van der Waals surface area (Å²) in [5.41, 5.74) is 0. The second-order valence-corrected chi connectivity index (χ2v) is 2.61. The van der Waals surface area contributed by atoms with Gasteiger partial charge in [0.2, 0.25) is 0 Å². The van der Waals surface area contributed by atoms with E-state index in [1.54, 1.807) is 7.11 Å². The molecule has 0 rings (SSSR count). The van der Waals surface area contributed by atoms with Crippen LogP contribution < -0.4 is 0 Å². The van der Waals surface area contributed by atoms with E-state index in [9.17, 15) is 0 Å². The van der Waals surface area contributed by atoms with Crippen LogP contribution in [0.15, 0.2) is 0 Å². The Hall–Kier alpha value is -0.570. The molecule has 0 fully saturated rings. The SMILES string of the molecule is CCCC(=N)N(C)CCOC. The minimum Gasteiger partial charge on any atom is -0.383 e. The molecule has 0 aliphatic heterocycles. The molecule has 0 radical (unpaired) electrons. The summed E-state index contributed by atoms with van der Waals surface area (Å²) in [6, 6.07) is 0. The van der Waals surface area contributed by atoms with Gasteiger partial charge in [-0.25, -0.2) is 0 Å². The minimum atomic E-state index is 0.697. The van der Waals surface area contributed by atoms with Crippen molar-refractivity contribution < 1.29 is 4.74 Å². The summed E-state index contributed by atoms with van der Waals surface area (Å²) in [4.78, 5) is 1.92. The van der Waals surface area contributed by atoms with Crippen LogP contribution in [-0.2, 0) is 4.74 Å². The summed E-state index contributed by atoms with van der Waals surface area (Å²) in [6.07, 6.45) is 1.90. The third kappa shape index (κ3) is 4.79.